The molecule has 0 aromatic rings. The fourth-order valence-corrected chi connectivity index (χ4v) is 2.08. The zero-order valence-electron chi connectivity index (χ0n) is 14.0. The number of nitrogens with zero attached hydrogens (tertiary/aromatic N) is 2. The molecule has 0 atom stereocenters. The molecule has 0 aromatic heterocycles. The van der Waals surface area contributed by atoms with Crippen LogP contribution in [0, 0.1) is 5.92 Å². The molecule has 1 N–H and O–H groups in total. The van der Waals surface area contributed by atoms with Crippen molar-refractivity contribution in [1.29, 1.82) is 0 Å². The molecule has 0 spiro atoms. The van der Waals surface area contributed by atoms with Gasteiger partial charge >= 0.3 is 19.5 Å². The second kappa shape index (κ2) is 10.5. The zero-order chi connectivity index (χ0) is 15.1. The quantitative estimate of drug-likeness (QED) is 0.459. The first kappa shape index (κ1) is 22.1. The summed E-state index contributed by atoms with van der Waals surface area (Å²) in [6.45, 7) is 15.9. The van der Waals surface area contributed by atoms with Crippen LogP contribution in [0.1, 0.15) is 54.9 Å². The Morgan fingerprint density at radius 2 is 1.90 bits per heavy atom. The van der Waals surface area contributed by atoms with Crippen molar-refractivity contribution in [2.75, 3.05) is 13.1 Å². The van der Waals surface area contributed by atoms with E-state index < -0.39 is 5.60 Å². The van der Waals surface area contributed by atoms with Crippen LogP contribution < -0.4 is 0 Å². The average molecular weight is 369 g/mol. The third-order valence-corrected chi connectivity index (χ3v) is 2.65. The Hall–Kier alpha value is -0.207. The van der Waals surface area contributed by atoms with Crippen LogP contribution >= 0.6 is 0 Å². The Morgan fingerprint density at radius 1 is 1.40 bits per heavy atom. The molecule has 0 amide bonds. The Bertz CT molecular complexity index is 300. The van der Waals surface area contributed by atoms with E-state index in [9.17, 15) is 5.11 Å². The smallest absolute Gasteiger partial charge is 0.454 e. The first-order chi connectivity index (χ1) is 8.76. The molecule has 0 bridgehead atoms. The van der Waals surface area contributed by atoms with E-state index in [2.05, 4.69) is 22.3 Å². The van der Waals surface area contributed by atoms with E-state index >= 15 is 0 Å². The van der Waals surface area contributed by atoms with Gasteiger partial charge in [0, 0.05) is 19.1 Å². The summed E-state index contributed by atoms with van der Waals surface area (Å²) in [6.07, 6.45) is 6.02. The molecule has 0 saturated carbocycles. The average Bonchev–Trinajstić information content (AvgIpc) is 2.24. The van der Waals surface area contributed by atoms with Crippen LogP contribution in [0.5, 0.6) is 0 Å². The van der Waals surface area contributed by atoms with Crippen LogP contribution in [0.2, 0.25) is 0 Å². The van der Waals surface area contributed by atoms with Crippen molar-refractivity contribution in [3.8, 4) is 0 Å². The van der Waals surface area contributed by atoms with E-state index in [1.165, 1.54) is 0 Å². The molecule has 0 aliphatic carbocycles. The first-order valence-electron chi connectivity index (χ1n) is 7.37. The van der Waals surface area contributed by atoms with Crippen molar-refractivity contribution in [3.63, 3.8) is 0 Å². The van der Waals surface area contributed by atoms with Crippen LogP contribution in [0.3, 0.4) is 0 Å². The third-order valence-electron chi connectivity index (χ3n) is 2.65. The van der Waals surface area contributed by atoms with E-state index in [0.717, 1.165) is 25.1 Å². The van der Waals surface area contributed by atoms with E-state index in [4.69, 9.17) is 0 Å². The molecule has 1 aliphatic rings. The van der Waals surface area contributed by atoms with Crippen LogP contribution in [-0.2, 0) is 19.5 Å². The first-order valence-corrected chi connectivity index (χ1v) is 7.37. The number of hydrogen-bond donors (Lipinski definition) is 1. The van der Waals surface area contributed by atoms with Gasteiger partial charge in [0.25, 0.3) is 0 Å². The molecule has 1 rings (SSSR count). The second-order valence-electron chi connectivity index (χ2n) is 5.98. The van der Waals surface area contributed by atoms with Gasteiger partial charge in [-0.05, 0) is 40.0 Å². The Labute approximate surface area is 138 Å². The maximum absolute atomic E-state index is 9.71. The molecular formula is C16H31N2ORu. The van der Waals surface area contributed by atoms with Gasteiger partial charge in [0.1, 0.15) is 0 Å². The van der Waals surface area contributed by atoms with Gasteiger partial charge in [-0.25, -0.2) is 0 Å². The molecular weight excluding hydrogens is 337 g/mol. The summed E-state index contributed by atoms with van der Waals surface area (Å²) in [5, 5.41) is 9.71. The van der Waals surface area contributed by atoms with E-state index in [1.54, 1.807) is 0 Å². The van der Waals surface area contributed by atoms with Gasteiger partial charge in [0.2, 0.25) is 0 Å². The number of rotatable bonds is 5. The van der Waals surface area contributed by atoms with E-state index in [1.807, 2.05) is 48.5 Å². The molecule has 1 aliphatic heterocycles. The minimum Gasteiger partial charge on any atom is -0.454 e. The molecule has 0 unspecified atom stereocenters. The minimum atomic E-state index is -0.541. The molecule has 1 heterocycles. The minimum absolute atomic E-state index is 0. The van der Waals surface area contributed by atoms with E-state index in [0.29, 0.717) is 12.0 Å². The largest absolute Gasteiger partial charge is 1.00 e. The van der Waals surface area contributed by atoms with Gasteiger partial charge in [-0.3, -0.25) is 0 Å². The summed E-state index contributed by atoms with van der Waals surface area (Å²) in [6, 6.07) is 0.303. The summed E-state index contributed by atoms with van der Waals surface area (Å²) in [7, 11) is 0. The van der Waals surface area contributed by atoms with Crippen molar-refractivity contribution in [3.05, 3.63) is 11.8 Å². The molecule has 1 radical (unpaired) electrons. The van der Waals surface area contributed by atoms with Crippen molar-refractivity contribution in [2.45, 2.75) is 66.5 Å². The van der Waals surface area contributed by atoms with Gasteiger partial charge in [0.05, 0.1) is 5.60 Å². The Balaban J connectivity index is 0. The molecule has 119 valence electrons. The Morgan fingerprint density at radius 3 is 2.30 bits per heavy atom. The SMILES string of the molecule is C/C([C-]=NC(C)C)=C\N1CC(CC(C)(C)O)C1.CC.[Ru+]. The van der Waals surface area contributed by atoms with Crippen molar-refractivity contribution >= 4 is 6.21 Å². The Kier molecular flexibility index (Phi) is 11.6. The zero-order valence-corrected chi connectivity index (χ0v) is 15.8. The van der Waals surface area contributed by atoms with Gasteiger partial charge in [-0.2, -0.15) is 5.57 Å². The predicted molar refractivity (Wildman–Crippen MR) is 83.7 cm³/mol. The summed E-state index contributed by atoms with van der Waals surface area (Å²) in [4.78, 5) is 6.49. The number of aliphatic imine (C=N–C) groups is 1. The molecule has 1 fully saturated rings. The van der Waals surface area contributed by atoms with Crippen molar-refractivity contribution in [1.82, 2.24) is 4.90 Å². The fourth-order valence-electron chi connectivity index (χ4n) is 2.08. The monoisotopic (exact) mass is 369 g/mol. The van der Waals surface area contributed by atoms with Gasteiger partial charge in [-0.15, -0.1) is 12.4 Å². The molecule has 20 heavy (non-hydrogen) atoms. The molecule has 1 saturated heterocycles. The summed E-state index contributed by atoms with van der Waals surface area (Å²) < 4.78 is 0. The number of hydrogen-bond acceptors (Lipinski definition) is 3. The molecule has 3 nitrogen and oxygen atoms in total. The predicted octanol–water partition coefficient (Wildman–Crippen LogP) is 3.36. The van der Waals surface area contributed by atoms with Crippen molar-refractivity contribution < 1.29 is 24.6 Å². The number of allylic oxidation sites excluding steroid dienone is 1. The molecule has 0 aromatic carbocycles. The van der Waals surface area contributed by atoms with Crippen LogP contribution in [0.4, 0.5) is 0 Å². The van der Waals surface area contributed by atoms with E-state index in [-0.39, 0.29) is 19.5 Å². The third kappa shape index (κ3) is 10.6. The summed E-state index contributed by atoms with van der Waals surface area (Å²) >= 11 is 0. The van der Waals surface area contributed by atoms with Gasteiger partial charge < -0.3 is 15.0 Å². The van der Waals surface area contributed by atoms with Crippen LogP contribution in [0.15, 0.2) is 16.8 Å². The number of likely N-dealkylation sites (tertiary alicyclic amines) is 1. The summed E-state index contributed by atoms with van der Waals surface area (Å²) in [5.74, 6) is 0.612. The maximum Gasteiger partial charge on any atom is 1.00 e. The van der Waals surface area contributed by atoms with Gasteiger partial charge in [-0.1, -0.05) is 20.8 Å². The van der Waals surface area contributed by atoms with Crippen LogP contribution in [0.25, 0.3) is 0 Å². The standard InChI is InChI=1S/C14H25N2O.C2H6.Ru/c1-11(2)15-7-12(3)8-16-9-13(10-16)6-14(4,5)17;1-2;/h8,11,13,17H,6,9-10H2,1-5H3;1-2H3;/q-1;;+1/b12-8+;;. The fraction of sp³-hybridized carbons (Fsp3) is 0.812. The summed E-state index contributed by atoms with van der Waals surface area (Å²) in [5.41, 5.74) is 0.529. The van der Waals surface area contributed by atoms with Crippen LogP contribution in [-0.4, -0.2) is 41.0 Å². The van der Waals surface area contributed by atoms with Gasteiger partial charge in [0.15, 0.2) is 0 Å². The maximum atomic E-state index is 9.71. The van der Waals surface area contributed by atoms with Crippen molar-refractivity contribution in [2.24, 2.45) is 10.9 Å². The number of aliphatic hydroxyl groups is 1. The normalized spacial score (nSPS) is 16.6. The topological polar surface area (TPSA) is 35.8 Å². The second-order valence-corrected chi connectivity index (χ2v) is 5.98. The molecule has 4 heteroatoms.